The molecular formula is C18H22N2O4S. The molecule has 1 N–H and O–H groups in total. The summed E-state index contributed by atoms with van der Waals surface area (Å²) < 4.78 is 30.5. The van der Waals surface area contributed by atoms with Gasteiger partial charge < -0.3 is 10.1 Å². The summed E-state index contributed by atoms with van der Waals surface area (Å²) in [5.41, 5.74) is 2.05. The van der Waals surface area contributed by atoms with Crippen LogP contribution in [0, 0.1) is 6.92 Å². The third kappa shape index (κ3) is 5.22. The van der Waals surface area contributed by atoms with Crippen LogP contribution in [0.2, 0.25) is 0 Å². The highest BCUT2D eigenvalue weighted by Gasteiger charge is 2.20. The van der Waals surface area contributed by atoms with E-state index in [1.165, 1.54) is 4.31 Å². The molecule has 0 heterocycles. The van der Waals surface area contributed by atoms with Crippen molar-refractivity contribution in [1.82, 2.24) is 0 Å². The number of nitrogens with one attached hydrogen (secondary N) is 1. The lowest BCUT2D eigenvalue weighted by molar-refractivity contribution is -0.116. The van der Waals surface area contributed by atoms with Crippen LogP contribution in [0.4, 0.5) is 11.4 Å². The SMILES string of the molecule is COc1ccc(NC(=O)CCN(c2ccccc2C)S(C)(=O)=O)cc1. The topological polar surface area (TPSA) is 75.7 Å². The van der Waals surface area contributed by atoms with Gasteiger partial charge in [0.2, 0.25) is 15.9 Å². The van der Waals surface area contributed by atoms with Gasteiger partial charge in [-0.05, 0) is 42.8 Å². The molecule has 0 bridgehead atoms. The van der Waals surface area contributed by atoms with Crippen molar-refractivity contribution in [2.45, 2.75) is 13.3 Å². The third-order valence-corrected chi connectivity index (χ3v) is 4.88. The van der Waals surface area contributed by atoms with Gasteiger partial charge in [0.1, 0.15) is 5.75 Å². The normalized spacial score (nSPS) is 11.0. The van der Waals surface area contributed by atoms with E-state index in [1.807, 2.05) is 19.1 Å². The fraction of sp³-hybridized carbons (Fsp3) is 0.278. The van der Waals surface area contributed by atoms with E-state index in [2.05, 4.69) is 5.32 Å². The van der Waals surface area contributed by atoms with Gasteiger partial charge in [-0.15, -0.1) is 0 Å². The number of anilines is 2. The number of amides is 1. The fourth-order valence-corrected chi connectivity index (χ4v) is 3.39. The van der Waals surface area contributed by atoms with E-state index in [4.69, 9.17) is 4.74 Å². The molecule has 0 saturated carbocycles. The van der Waals surface area contributed by atoms with Gasteiger partial charge in [-0.25, -0.2) is 8.42 Å². The molecule has 7 heteroatoms. The maximum Gasteiger partial charge on any atom is 0.232 e. The first-order valence-electron chi connectivity index (χ1n) is 7.78. The number of methoxy groups -OCH3 is 1. The van der Waals surface area contributed by atoms with Crippen molar-refractivity contribution in [3.8, 4) is 5.75 Å². The molecule has 2 aromatic rings. The van der Waals surface area contributed by atoms with Gasteiger partial charge in [-0.1, -0.05) is 18.2 Å². The number of hydrogen-bond donors (Lipinski definition) is 1. The standard InChI is InChI=1S/C18H22N2O4S/c1-14-6-4-5-7-17(14)20(25(3,22)23)13-12-18(21)19-15-8-10-16(24-2)11-9-15/h4-11H,12-13H2,1-3H3,(H,19,21). The molecule has 0 aliphatic heterocycles. The molecule has 0 aliphatic carbocycles. The number of aryl methyl sites for hydroxylation is 1. The first-order chi connectivity index (χ1) is 11.8. The second-order valence-corrected chi connectivity index (χ2v) is 7.56. The highest BCUT2D eigenvalue weighted by molar-refractivity contribution is 7.92. The molecule has 0 fully saturated rings. The second kappa shape index (κ2) is 8.02. The van der Waals surface area contributed by atoms with Crippen molar-refractivity contribution < 1.29 is 17.9 Å². The summed E-state index contributed by atoms with van der Waals surface area (Å²) in [4.78, 5) is 12.2. The fourth-order valence-electron chi connectivity index (χ4n) is 2.41. The zero-order valence-corrected chi connectivity index (χ0v) is 15.3. The summed E-state index contributed by atoms with van der Waals surface area (Å²) >= 11 is 0. The minimum atomic E-state index is -3.48. The molecule has 0 aromatic heterocycles. The molecule has 0 saturated heterocycles. The Bertz CT molecular complexity index is 832. The summed E-state index contributed by atoms with van der Waals surface area (Å²) in [6.45, 7) is 1.91. The summed E-state index contributed by atoms with van der Waals surface area (Å²) in [5, 5.41) is 2.75. The molecule has 25 heavy (non-hydrogen) atoms. The Morgan fingerprint density at radius 3 is 2.32 bits per heavy atom. The van der Waals surface area contributed by atoms with Crippen LogP contribution in [0.1, 0.15) is 12.0 Å². The summed E-state index contributed by atoms with van der Waals surface area (Å²) in [6, 6.07) is 14.1. The van der Waals surface area contributed by atoms with Gasteiger partial charge in [-0.2, -0.15) is 0 Å². The van der Waals surface area contributed by atoms with E-state index >= 15 is 0 Å². The number of hydrogen-bond acceptors (Lipinski definition) is 4. The number of carbonyl (C=O) groups is 1. The highest BCUT2D eigenvalue weighted by Crippen LogP contribution is 2.22. The molecule has 6 nitrogen and oxygen atoms in total. The van der Waals surface area contributed by atoms with Crippen LogP contribution in [0.15, 0.2) is 48.5 Å². The monoisotopic (exact) mass is 362 g/mol. The average molecular weight is 362 g/mol. The first-order valence-corrected chi connectivity index (χ1v) is 9.63. The Morgan fingerprint density at radius 1 is 1.12 bits per heavy atom. The molecule has 134 valence electrons. The van der Waals surface area contributed by atoms with Crippen LogP contribution in [-0.2, 0) is 14.8 Å². The number of nitrogens with zero attached hydrogens (tertiary/aromatic N) is 1. The molecular weight excluding hydrogens is 340 g/mol. The zero-order valence-electron chi connectivity index (χ0n) is 14.5. The Hall–Kier alpha value is -2.54. The van der Waals surface area contributed by atoms with Gasteiger partial charge >= 0.3 is 0 Å². The van der Waals surface area contributed by atoms with E-state index in [-0.39, 0.29) is 18.9 Å². The van der Waals surface area contributed by atoms with Crippen LogP contribution in [0.5, 0.6) is 5.75 Å². The lowest BCUT2D eigenvalue weighted by Crippen LogP contribution is -2.33. The van der Waals surface area contributed by atoms with Gasteiger partial charge in [-0.3, -0.25) is 9.10 Å². The summed E-state index contributed by atoms with van der Waals surface area (Å²) in [6.07, 6.45) is 1.19. The lowest BCUT2D eigenvalue weighted by Gasteiger charge is -2.23. The molecule has 2 rings (SSSR count). The minimum absolute atomic E-state index is 0.0490. The predicted octanol–water partition coefficient (Wildman–Crippen LogP) is 2.80. The number of sulfonamides is 1. The maximum absolute atomic E-state index is 12.2. The number of carbonyl (C=O) groups excluding carboxylic acids is 1. The number of ether oxygens (including phenoxy) is 1. The number of para-hydroxylation sites is 1. The second-order valence-electron chi connectivity index (χ2n) is 5.65. The highest BCUT2D eigenvalue weighted by atomic mass is 32.2. The van der Waals surface area contributed by atoms with E-state index in [9.17, 15) is 13.2 Å². The Labute approximate surface area is 148 Å². The van der Waals surface area contributed by atoms with Crippen molar-refractivity contribution >= 4 is 27.3 Å². The smallest absolute Gasteiger partial charge is 0.232 e. The Balaban J connectivity index is 2.05. The van der Waals surface area contributed by atoms with Crippen LogP contribution in [-0.4, -0.2) is 34.2 Å². The molecule has 0 spiro atoms. The Morgan fingerprint density at radius 2 is 1.76 bits per heavy atom. The first kappa shape index (κ1) is 18.8. The van der Waals surface area contributed by atoms with Gasteiger partial charge in [0, 0.05) is 18.7 Å². The van der Waals surface area contributed by atoms with Crippen molar-refractivity contribution in [1.29, 1.82) is 0 Å². The molecule has 1 amide bonds. The third-order valence-electron chi connectivity index (χ3n) is 3.70. The quantitative estimate of drug-likeness (QED) is 0.822. The van der Waals surface area contributed by atoms with E-state index in [1.54, 1.807) is 43.5 Å². The van der Waals surface area contributed by atoms with Gasteiger partial charge in [0.25, 0.3) is 0 Å². The largest absolute Gasteiger partial charge is 0.497 e. The number of benzene rings is 2. The lowest BCUT2D eigenvalue weighted by atomic mass is 10.2. The molecule has 0 unspecified atom stereocenters. The summed E-state index contributed by atoms with van der Waals surface area (Å²) in [7, 11) is -1.91. The van der Waals surface area contributed by atoms with E-state index < -0.39 is 10.0 Å². The van der Waals surface area contributed by atoms with Crippen molar-refractivity contribution in [2.24, 2.45) is 0 Å². The van der Waals surface area contributed by atoms with Crippen LogP contribution < -0.4 is 14.4 Å². The predicted molar refractivity (Wildman–Crippen MR) is 99.6 cm³/mol. The van der Waals surface area contributed by atoms with E-state index in [0.29, 0.717) is 17.1 Å². The minimum Gasteiger partial charge on any atom is -0.497 e. The van der Waals surface area contributed by atoms with Gasteiger partial charge in [0.05, 0.1) is 19.1 Å². The molecule has 2 aromatic carbocycles. The molecule has 0 radical (unpaired) electrons. The number of rotatable bonds is 7. The molecule has 0 atom stereocenters. The van der Waals surface area contributed by atoms with E-state index in [0.717, 1.165) is 11.8 Å². The van der Waals surface area contributed by atoms with Crippen LogP contribution in [0.25, 0.3) is 0 Å². The van der Waals surface area contributed by atoms with Crippen molar-refractivity contribution in [2.75, 3.05) is 29.5 Å². The maximum atomic E-state index is 12.2. The van der Waals surface area contributed by atoms with Crippen molar-refractivity contribution in [3.05, 3.63) is 54.1 Å². The zero-order chi connectivity index (χ0) is 18.4. The van der Waals surface area contributed by atoms with Crippen LogP contribution >= 0.6 is 0 Å². The van der Waals surface area contributed by atoms with Gasteiger partial charge in [0.15, 0.2) is 0 Å². The molecule has 0 aliphatic rings. The van der Waals surface area contributed by atoms with Crippen molar-refractivity contribution in [3.63, 3.8) is 0 Å². The van der Waals surface area contributed by atoms with Crippen LogP contribution in [0.3, 0.4) is 0 Å². The Kier molecular flexibility index (Phi) is 6.03. The summed E-state index contributed by atoms with van der Waals surface area (Å²) in [5.74, 6) is 0.438. The average Bonchev–Trinajstić information content (AvgIpc) is 2.56.